The van der Waals surface area contributed by atoms with Gasteiger partial charge in [0.2, 0.25) is 11.8 Å². The number of halogens is 1. The van der Waals surface area contributed by atoms with Crippen LogP contribution in [0.3, 0.4) is 0 Å². The zero-order valence-electron chi connectivity index (χ0n) is 10.1. The van der Waals surface area contributed by atoms with Gasteiger partial charge in [-0.15, -0.1) is 0 Å². The van der Waals surface area contributed by atoms with Gasteiger partial charge in [0.1, 0.15) is 0 Å². The number of alkyl halides is 1. The molecule has 1 atom stereocenters. The highest BCUT2D eigenvalue weighted by Crippen LogP contribution is 2.16. The second-order valence-electron chi connectivity index (χ2n) is 4.20. The van der Waals surface area contributed by atoms with Gasteiger partial charge in [0.15, 0.2) is 0 Å². The van der Waals surface area contributed by atoms with Crippen molar-refractivity contribution in [2.75, 3.05) is 0 Å². The molecule has 2 rings (SSSR count). The monoisotopic (exact) mass is 264 g/mol. The van der Waals surface area contributed by atoms with Gasteiger partial charge in [-0.3, -0.25) is 14.4 Å². The fourth-order valence-corrected chi connectivity index (χ4v) is 1.83. The summed E-state index contributed by atoms with van der Waals surface area (Å²) in [5, 5.41) is 2.36. The van der Waals surface area contributed by atoms with E-state index in [2.05, 4.69) is 5.32 Å². The van der Waals surface area contributed by atoms with Crippen LogP contribution in [0, 0.1) is 0 Å². The van der Waals surface area contributed by atoms with Crippen LogP contribution in [0.25, 0.3) is 0 Å². The summed E-state index contributed by atoms with van der Waals surface area (Å²) in [7, 11) is 0. The van der Waals surface area contributed by atoms with E-state index in [1.54, 1.807) is 24.3 Å². The van der Waals surface area contributed by atoms with Gasteiger partial charge in [0.25, 0.3) is 12.2 Å². The Labute approximate surface area is 109 Å². The van der Waals surface area contributed by atoms with Crippen LogP contribution in [0.5, 0.6) is 0 Å². The first-order chi connectivity index (χ1) is 9.09. The van der Waals surface area contributed by atoms with Crippen molar-refractivity contribution >= 4 is 17.7 Å². The summed E-state index contributed by atoms with van der Waals surface area (Å²) in [6.07, 6.45) is -2.32. The maximum Gasteiger partial charge on any atom is 0.276 e. The van der Waals surface area contributed by atoms with Crippen molar-refractivity contribution in [3.63, 3.8) is 0 Å². The van der Waals surface area contributed by atoms with E-state index in [0.29, 0.717) is 4.90 Å². The summed E-state index contributed by atoms with van der Waals surface area (Å²) in [6.45, 7) is 0.149. The van der Waals surface area contributed by atoms with E-state index in [1.807, 2.05) is 6.07 Å². The van der Waals surface area contributed by atoms with E-state index in [-0.39, 0.29) is 19.4 Å². The fourth-order valence-electron chi connectivity index (χ4n) is 1.83. The lowest BCUT2D eigenvalue weighted by atomic mass is 10.2. The molecule has 3 amide bonds. The number of carbonyl (C=O) groups excluding carboxylic acids is 3. The van der Waals surface area contributed by atoms with Crippen LogP contribution < -0.4 is 5.32 Å². The Balaban J connectivity index is 1.93. The van der Waals surface area contributed by atoms with Crippen molar-refractivity contribution in [3.05, 3.63) is 35.9 Å². The second-order valence-corrected chi connectivity index (χ2v) is 4.20. The van der Waals surface area contributed by atoms with Gasteiger partial charge in [0, 0.05) is 19.4 Å². The quantitative estimate of drug-likeness (QED) is 0.644. The first-order valence-corrected chi connectivity index (χ1v) is 5.90. The highest BCUT2D eigenvalue weighted by atomic mass is 19.1. The van der Waals surface area contributed by atoms with E-state index in [4.69, 9.17) is 0 Å². The standard InChI is InChI=1S/C13H13FN2O3/c14-12(16-10(17)6-7-11(16)18)13(19)15-8-9-4-2-1-3-5-9/h1-5,12H,6-8H2,(H,15,19). The molecule has 5 nitrogen and oxygen atoms in total. The maximum absolute atomic E-state index is 13.8. The molecule has 0 aromatic heterocycles. The lowest BCUT2D eigenvalue weighted by Crippen LogP contribution is -2.46. The predicted octanol–water partition coefficient (Wildman–Crippen LogP) is 0.747. The van der Waals surface area contributed by atoms with E-state index >= 15 is 0 Å². The van der Waals surface area contributed by atoms with Gasteiger partial charge in [-0.05, 0) is 5.56 Å². The Bertz CT molecular complexity index is 488. The number of amides is 3. The smallest absolute Gasteiger partial charge is 0.276 e. The topological polar surface area (TPSA) is 66.5 Å². The first kappa shape index (κ1) is 13.2. The van der Waals surface area contributed by atoms with E-state index in [0.717, 1.165) is 5.56 Å². The lowest BCUT2D eigenvalue weighted by molar-refractivity contribution is -0.152. The summed E-state index contributed by atoms with van der Waals surface area (Å²) in [5.41, 5.74) is 0.808. The van der Waals surface area contributed by atoms with Crippen LogP contribution in [-0.4, -0.2) is 28.9 Å². The number of rotatable bonds is 4. The predicted molar refractivity (Wildman–Crippen MR) is 64.3 cm³/mol. The third kappa shape index (κ3) is 2.96. The summed E-state index contributed by atoms with van der Waals surface area (Å²) in [6, 6.07) is 8.97. The minimum Gasteiger partial charge on any atom is -0.348 e. The molecule has 1 aliphatic heterocycles. The third-order valence-electron chi connectivity index (χ3n) is 2.84. The fraction of sp³-hybridized carbons (Fsp3) is 0.308. The van der Waals surface area contributed by atoms with Crippen molar-refractivity contribution in [3.8, 4) is 0 Å². The molecule has 0 aliphatic carbocycles. The molecule has 19 heavy (non-hydrogen) atoms. The second kappa shape index (κ2) is 5.60. The number of benzene rings is 1. The molecular weight excluding hydrogens is 251 g/mol. The Morgan fingerprint density at radius 1 is 1.21 bits per heavy atom. The van der Waals surface area contributed by atoms with Crippen LogP contribution in [0.4, 0.5) is 4.39 Å². The molecular formula is C13H13FN2O3. The Hall–Kier alpha value is -2.24. The number of carbonyl (C=O) groups is 3. The molecule has 1 N–H and O–H groups in total. The molecule has 1 unspecified atom stereocenters. The van der Waals surface area contributed by atoms with Crippen molar-refractivity contribution in [2.45, 2.75) is 25.7 Å². The van der Waals surface area contributed by atoms with Gasteiger partial charge in [-0.25, -0.2) is 9.29 Å². The van der Waals surface area contributed by atoms with Gasteiger partial charge < -0.3 is 5.32 Å². The zero-order valence-corrected chi connectivity index (χ0v) is 10.1. The van der Waals surface area contributed by atoms with E-state index < -0.39 is 24.0 Å². The molecule has 0 saturated carbocycles. The number of hydrogen-bond donors (Lipinski definition) is 1. The van der Waals surface area contributed by atoms with Crippen molar-refractivity contribution in [2.24, 2.45) is 0 Å². The summed E-state index contributed by atoms with van der Waals surface area (Å²) < 4.78 is 13.8. The third-order valence-corrected chi connectivity index (χ3v) is 2.84. The number of likely N-dealkylation sites (tertiary alicyclic amines) is 1. The molecule has 1 heterocycles. The molecule has 1 aromatic carbocycles. The molecule has 6 heteroatoms. The Morgan fingerprint density at radius 3 is 2.37 bits per heavy atom. The van der Waals surface area contributed by atoms with E-state index in [9.17, 15) is 18.8 Å². The van der Waals surface area contributed by atoms with Crippen LogP contribution >= 0.6 is 0 Å². The summed E-state index contributed by atoms with van der Waals surface area (Å²) in [4.78, 5) is 34.5. The van der Waals surface area contributed by atoms with Crippen molar-refractivity contribution in [1.82, 2.24) is 10.2 Å². The molecule has 100 valence electrons. The Kier molecular flexibility index (Phi) is 3.89. The minimum absolute atomic E-state index is 0.0365. The number of nitrogens with one attached hydrogen (secondary N) is 1. The molecule has 0 bridgehead atoms. The van der Waals surface area contributed by atoms with Gasteiger partial charge in [-0.2, -0.15) is 0 Å². The number of nitrogens with zero attached hydrogens (tertiary/aromatic N) is 1. The first-order valence-electron chi connectivity index (χ1n) is 5.90. The average molecular weight is 264 g/mol. The lowest BCUT2D eigenvalue weighted by Gasteiger charge is -2.18. The molecule has 1 saturated heterocycles. The van der Waals surface area contributed by atoms with E-state index in [1.165, 1.54) is 0 Å². The molecule has 0 radical (unpaired) electrons. The molecule has 0 spiro atoms. The van der Waals surface area contributed by atoms with Crippen molar-refractivity contribution < 1.29 is 18.8 Å². The highest BCUT2D eigenvalue weighted by molar-refractivity contribution is 6.05. The number of imide groups is 1. The van der Waals surface area contributed by atoms with Gasteiger partial charge >= 0.3 is 0 Å². The van der Waals surface area contributed by atoms with Gasteiger partial charge in [-0.1, -0.05) is 30.3 Å². The molecule has 1 aromatic rings. The molecule has 1 fully saturated rings. The molecule has 1 aliphatic rings. The summed E-state index contributed by atoms with van der Waals surface area (Å²) >= 11 is 0. The SMILES string of the molecule is O=C(NCc1ccccc1)C(F)N1C(=O)CCC1=O. The minimum atomic E-state index is -2.24. The van der Waals surface area contributed by atoms with Gasteiger partial charge in [0.05, 0.1) is 0 Å². The van der Waals surface area contributed by atoms with Crippen LogP contribution in [-0.2, 0) is 20.9 Å². The highest BCUT2D eigenvalue weighted by Gasteiger charge is 2.38. The van der Waals surface area contributed by atoms with Crippen LogP contribution in [0.1, 0.15) is 18.4 Å². The average Bonchev–Trinajstić information content (AvgIpc) is 2.76. The van der Waals surface area contributed by atoms with Crippen molar-refractivity contribution in [1.29, 1.82) is 0 Å². The largest absolute Gasteiger partial charge is 0.348 e. The number of hydrogen-bond acceptors (Lipinski definition) is 3. The van der Waals surface area contributed by atoms with Crippen LogP contribution in [0.2, 0.25) is 0 Å². The normalized spacial score (nSPS) is 16.6. The zero-order chi connectivity index (χ0) is 13.8. The Morgan fingerprint density at radius 2 is 1.79 bits per heavy atom. The maximum atomic E-state index is 13.8. The summed E-state index contributed by atoms with van der Waals surface area (Å²) in [5.74, 6) is -2.27. The van der Waals surface area contributed by atoms with Crippen LogP contribution in [0.15, 0.2) is 30.3 Å².